The summed E-state index contributed by atoms with van der Waals surface area (Å²) in [6.45, 7) is 17.5. The van der Waals surface area contributed by atoms with Crippen molar-refractivity contribution in [3.8, 4) is 0 Å². The van der Waals surface area contributed by atoms with E-state index in [1.807, 2.05) is 0 Å². The first-order chi connectivity index (χ1) is 13.0. The monoisotopic (exact) mass is 354 g/mol. The van der Waals surface area contributed by atoms with Crippen molar-refractivity contribution in [3.05, 3.63) is 77.4 Å². The molecule has 1 aromatic carbocycles. The summed E-state index contributed by atoms with van der Waals surface area (Å²) in [7, 11) is 0. The molecule has 0 saturated carbocycles. The van der Waals surface area contributed by atoms with Gasteiger partial charge in [0.25, 0.3) is 0 Å². The highest BCUT2D eigenvalue weighted by Gasteiger charge is 2.27. The van der Waals surface area contributed by atoms with Crippen LogP contribution >= 0.6 is 0 Å². The summed E-state index contributed by atoms with van der Waals surface area (Å²) in [4.78, 5) is 5.04. The predicted octanol–water partition coefficient (Wildman–Crippen LogP) is 4.61. The molecule has 1 aromatic heterocycles. The van der Waals surface area contributed by atoms with Crippen LogP contribution in [-0.4, -0.2) is 16.3 Å². The van der Waals surface area contributed by atoms with E-state index in [9.17, 15) is 0 Å². The molecule has 1 aliphatic heterocycles. The van der Waals surface area contributed by atoms with Crippen LogP contribution in [0.4, 0.5) is 0 Å². The number of allylic oxidation sites excluding steroid dienone is 3. The molecule has 0 amide bonds. The van der Waals surface area contributed by atoms with Gasteiger partial charge in [-0.1, -0.05) is 69.5 Å². The van der Waals surface area contributed by atoms with Crippen LogP contribution in [0, 0.1) is 5.92 Å². The van der Waals surface area contributed by atoms with E-state index in [0.29, 0.717) is 5.92 Å². The van der Waals surface area contributed by atoms with Crippen molar-refractivity contribution in [2.24, 2.45) is 10.9 Å². The summed E-state index contributed by atoms with van der Waals surface area (Å²) in [5.41, 5.74) is 5.49. The molecule has 2 heterocycles. The van der Waals surface area contributed by atoms with Gasteiger partial charge in [0, 0.05) is 33.3 Å². The Labute approximate surface area is 160 Å². The smallest absolute Gasteiger partial charge is 0.0783 e. The van der Waals surface area contributed by atoms with Crippen molar-refractivity contribution >= 4 is 35.0 Å². The summed E-state index contributed by atoms with van der Waals surface area (Å²) in [5.74, 6) is 0.343. The standard InChI is InChI=1S/C25H26N2/c1-6-19-15-17(4)27-18(5)22(21-10-8-9-11-25(21)27)14-16(3)23(7-2)26-24-13-12-20(19)24/h8-15,20,24H,3-7H2,1-2H3/b19-15+,22-14+,26-23?/t20-,24-/m0/s1. The minimum atomic E-state index is 0.201. The molecule has 0 saturated heterocycles. The minimum Gasteiger partial charge on any atom is -0.310 e. The third-order valence-corrected chi connectivity index (χ3v) is 5.70. The van der Waals surface area contributed by atoms with E-state index in [1.165, 1.54) is 11.0 Å². The molecule has 0 spiro atoms. The van der Waals surface area contributed by atoms with Crippen molar-refractivity contribution in [1.82, 2.24) is 4.57 Å². The second-order valence-corrected chi connectivity index (χ2v) is 7.28. The zero-order chi connectivity index (χ0) is 19.1. The Kier molecular flexibility index (Phi) is 4.35. The fourth-order valence-corrected chi connectivity index (χ4v) is 4.15. The second kappa shape index (κ2) is 6.70. The first-order valence-corrected chi connectivity index (χ1v) is 9.69. The fourth-order valence-electron chi connectivity index (χ4n) is 4.15. The first-order valence-electron chi connectivity index (χ1n) is 9.69. The molecular formula is C25H26N2. The number of benzene rings is 1. The maximum Gasteiger partial charge on any atom is 0.0783 e. The van der Waals surface area contributed by atoms with Gasteiger partial charge in [-0.3, -0.25) is 4.99 Å². The number of para-hydroxylation sites is 1. The van der Waals surface area contributed by atoms with Gasteiger partial charge in [-0.25, -0.2) is 0 Å². The summed E-state index contributed by atoms with van der Waals surface area (Å²) in [6.07, 6.45) is 10.7. The maximum absolute atomic E-state index is 5.04. The van der Waals surface area contributed by atoms with Gasteiger partial charge in [-0.15, -0.1) is 0 Å². The predicted molar refractivity (Wildman–Crippen MR) is 118 cm³/mol. The molecule has 2 nitrogen and oxygen atoms in total. The van der Waals surface area contributed by atoms with E-state index in [0.717, 1.165) is 45.9 Å². The number of fused-ring (bicyclic) bond motifs is 6. The van der Waals surface area contributed by atoms with Gasteiger partial charge in [0.15, 0.2) is 0 Å². The van der Waals surface area contributed by atoms with Crippen LogP contribution in [-0.2, 0) is 0 Å². The van der Waals surface area contributed by atoms with E-state index in [2.05, 4.69) is 86.7 Å². The lowest BCUT2D eigenvalue weighted by molar-refractivity contribution is 0.585. The van der Waals surface area contributed by atoms with Crippen LogP contribution in [0.25, 0.3) is 29.3 Å². The van der Waals surface area contributed by atoms with Gasteiger partial charge in [0.05, 0.1) is 11.6 Å². The Balaban J connectivity index is 2.08. The summed E-state index contributed by atoms with van der Waals surface area (Å²) in [6, 6.07) is 8.61. The van der Waals surface area contributed by atoms with Crippen molar-refractivity contribution in [1.29, 1.82) is 0 Å². The van der Waals surface area contributed by atoms with E-state index in [4.69, 9.17) is 4.99 Å². The summed E-state index contributed by atoms with van der Waals surface area (Å²) in [5, 5.41) is 3.23. The number of hydrogen-bond donors (Lipinski definition) is 0. The first kappa shape index (κ1) is 17.5. The number of hydrogen-bond acceptors (Lipinski definition) is 1. The molecule has 27 heavy (non-hydrogen) atoms. The number of aliphatic imine (C=N–C) groups is 1. The average Bonchev–Trinajstić information content (AvgIpc) is 2.92. The van der Waals surface area contributed by atoms with Gasteiger partial charge >= 0.3 is 0 Å². The Bertz CT molecular complexity index is 1150. The SMILES string of the molecule is C=C1/C=c2\c(=C)n(c3ccccc23)C(=C)/C=C(\CC)[C@@H]2C=C[C@@H]2N=C1CC. The lowest BCUT2D eigenvalue weighted by Crippen LogP contribution is -2.30. The Morgan fingerprint density at radius 2 is 1.78 bits per heavy atom. The van der Waals surface area contributed by atoms with E-state index in [1.54, 1.807) is 0 Å². The normalized spacial score (nSPS) is 25.3. The topological polar surface area (TPSA) is 17.3 Å². The molecular weight excluding hydrogens is 328 g/mol. The van der Waals surface area contributed by atoms with Crippen molar-refractivity contribution in [2.75, 3.05) is 0 Å². The number of rotatable bonds is 2. The molecule has 136 valence electrons. The van der Waals surface area contributed by atoms with Gasteiger partial charge in [0.1, 0.15) is 0 Å². The van der Waals surface area contributed by atoms with Crippen molar-refractivity contribution in [3.63, 3.8) is 0 Å². The fraction of sp³-hybridized carbons (Fsp3) is 0.240. The third kappa shape index (κ3) is 2.76. The molecule has 0 fully saturated rings. The molecule has 2 aromatic rings. The van der Waals surface area contributed by atoms with Gasteiger partial charge in [0.2, 0.25) is 0 Å². The van der Waals surface area contributed by atoms with Crippen LogP contribution in [0.15, 0.2) is 71.8 Å². The van der Waals surface area contributed by atoms with Crippen molar-refractivity contribution < 1.29 is 0 Å². The molecule has 2 aliphatic rings. The third-order valence-electron chi connectivity index (χ3n) is 5.70. The molecule has 0 unspecified atom stereocenters. The van der Waals surface area contributed by atoms with Gasteiger partial charge in [-0.2, -0.15) is 0 Å². The Morgan fingerprint density at radius 3 is 2.44 bits per heavy atom. The lowest BCUT2D eigenvalue weighted by atomic mass is 9.81. The van der Waals surface area contributed by atoms with Crippen LogP contribution in [0.1, 0.15) is 26.7 Å². The maximum atomic E-state index is 5.04. The number of nitrogens with zero attached hydrogens (tertiary/aromatic N) is 2. The molecule has 2 heteroatoms. The highest BCUT2D eigenvalue weighted by Crippen LogP contribution is 2.33. The zero-order valence-electron chi connectivity index (χ0n) is 16.2. The van der Waals surface area contributed by atoms with E-state index < -0.39 is 0 Å². The molecule has 1 aliphatic carbocycles. The minimum absolute atomic E-state index is 0.201. The van der Waals surface area contributed by atoms with Gasteiger partial charge < -0.3 is 4.57 Å². The van der Waals surface area contributed by atoms with Crippen LogP contribution in [0.3, 0.4) is 0 Å². The van der Waals surface area contributed by atoms with E-state index in [-0.39, 0.29) is 6.04 Å². The molecule has 2 atom stereocenters. The largest absolute Gasteiger partial charge is 0.310 e. The molecule has 4 rings (SSSR count). The lowest BCUT2D eigenvalue weighted by Gasteiger charge is -2.30. The Hall–Kier alpha value is -2.87. The molecule has 2 bridgehead atoms. The van der Waals surface area contributed by atoms with Crippen molar-refractivity contribution in [2.45, 2.75) is 32.7 Å². The summed E-state index contributed by atoms with van der Waals surface area (Å²) >= 11 is 0. The molecule has 0 radical (unpaired) electrons. The second-order valence-electron chi connectivity index (χ2n) is 7.28. The zero-order valence-corrected chi connectivity index (χ0v) is 16.2. The highest BCUT2D eigenvalue weighted by atomic mass is 15.0. The van der Waals surface area contributed by atoms with E-state index >= 15 is 0 Å². The van der Waals surface area contributed by atoms with Gasteiger partial charge in [-0.05, 0) is 36.6 Å². The summed E-state index contributed by atoms with van der Waals surface area (Å²) < 4.78 is 2.17. The molecule has 0 N–H and O–H groups in total. The van der Waals surface area contributed by atoms with Crippen LogP contribution in [0.2, 0.25) is 0 Å². The number of aromatic nitrogens is 1. The average molecular weight is 354 g/mol. The van der Waals surface area contributed by atoms with Crippen LogP contribution < -0.4 is 10.6 Å². The van der Waals surface area contributed by atoms with Crippen LogP contribution in [0.5, 0.6) is 0 Å². The Morgan fingerprint density at radius 1 is 1.00 bits per heavy atom. The highest BCUT2D eigenvalue weighted by molar-refractivity contribution is 6.07. The quantitative estimate of drug-likeness (QED) is 0.701.